The van der Waals surface area contributed by atoms with Crippen LogP contribution in [0.3, 0.4) is 0 Å². The van der Waals surface area contributed by atoms with Crippen LogP contribution in [0, 0.1) is 17.5 Å². The van der Waals surface area contributed by atoms with E-state index in [9.17, 15) is 59.3 Å². The SMILES string of the molecule is O=C(NC(C(F)(F)F)C(F)(F)F)c1cn(-c2c(F)cc(F)cc2F)c2nc(N3C[C@@H](O)CC3O)ccc2c1=O. The van der Waals surface area contributed by atoms with E-state index in [0.29, 0.717) is 9.88 Å². The van der Waals surface area contributed by atoms with Crippen molar-refractivity contribution in [2.24, 2.45) is 0 Å². The number of rotatable bonds is 4. The topological polar surface area (TPSA) is 108 Å². The third-order valence-electron chi connectivity index (χ3n) is 5.78. The van der Waals surface area contributed by atoms with Crippen LogP contribution >= 0.6 is 0 Å². The predicted octanol–water partition coefficient (Wildman–Crippen LogP) is 2.92. The van der Waals surface area contributed by atoms with Crippen molar-refractivity contribution in [3.8, 4) is 5.69 Å². The molecule has 17 heteroatoms. The summed E-state index contributed by atoms with van der Waals surface area (Å²) >= 11 is 0. The van der Waals surface area contributed by atoms with Gasteiger partial charge in [0.2, 0.25) is 11.5 Å². The van der Waals surface area contributed by atoms with Crippen LogP contribution in [0.5, 0.6) is 0 Å². The average molecular weight is 570 g/mol. The van der Waals surface area contributed by atoms with Gasteiger partial charge in [0, 0.05) is 31.3 Å². The fourth-order valence-corrected chi connectivity index (χ4v) is 4.05. The zero-order valence-electron chi connectivity index (χ0n) is 19.0. The van der Waals surface area contributed by atoms with Crippen LogP contribution in [0.25, 0.3) is 16.7 Å². The van der Waals surface area contributed by atoms with Crippen LogP contribution in [0.1, 0.15) is 16.8 Å². The minimum absolute atomic E-state index is 0.119. The van der Waals surface area contributed by atoms with Gasteiger partial charge in [-0.15, -0.1) is 0 Å². The number of fused-ring (bicyclic) bond motifs is 1. The molecule has 1 aliphatic rings. The van der Waals surface area contributed by atoms with Gasteiger partial charge in [0.25, 0.3) is 5.91 Å². The molecular weight excluding hydrogens is 555 g/mol. The molecule has 1 aliphatic heterocycles. The molecule has 0 saturated carbocycles. The first-order valence-electron chi connectivity index (χ1n) is 10.8. The fourth-order valence-electron chi connectivity index (χ4n) is 4.05. The number of pyridine rings is 2. The molecule has 210 valence electrons. The molecule has 3 N–H and O–H groups in total. The van der Waals surface area contributed by atoms with Crippen molar-refractivity contribution in [3.63, 3.8) is 0 Å². The van der Waals surface area contributed by atoms with Gasteiger partial charge in [-0.2, -0.15) is 26.3 Å². The Bertz CT molecular complexity index is 1470. The normalized spacial score (nSPS) is 18.3. The van der Waals surface area contributed by atoms with Crippen molar-refractivity contribution in [2.45, 2.75) is 37.1 Å². The number of hydrogen-bond acceptors (Lipinski definition) is 6. The number of β-amino-alcohol motifs (C(OH)–C–C–N with tert-alkyl or cyclic N) is 1. The van der Waals surface area contributed by atoms with E-state index in [1.807, 2.05) is 0 Å². The Balaban J connectivity index is 1.96. The van der Waals surface area contributed by atoms with Crippen molar-refractivity contribution in [3.05, 3.63) is 63.7 Å². The number of aliphatic hydroxyl groups is 2. The highest BCUT2D eigenvalue weighted by Gasteiger charge is 2.57. The largest absolute Gasteiger partial charge is 0.417 e. The van der Waals surface area contributed by atoms with E-state index in [2.05, 4.69) is 4.98 Å². The van der Waals surface area contributed by atoms with Gasteiger partial charge in [0.15, 0.2) is 17.3 Å². The van der Waals surface area contributed by atoms with Crippen LogP contribution in [0.2, 0.25) is 0 Å². The number of halogens is 9. The molecule has 0 spiro atoms. The highest BCUT2D eigenvalue weighted by atomic mass is 19.4. The van der Waals surface area contributed by atoms with Gasteiger partial charge in [0.1, 0.15) is 29.1 Å². The minimum Gasteiger partial charge on any atom is -0.391 e. The second kappa shape index (κ2) is 9.71. The summed E-state index contributed by atoms with van der Waals surface area (Å²) in [4.78, 5) is 30.7. The molecule has 1 fully saturated rings. The third kappa shape index (κ3) is 5.36. The molecule has 1 saturated heterocycles. The lowest BCUT2D eigenvalue weighted by molar-refractivity contribution is -0.255. The van der Waals surface area contributed by atoms with Gasteiger partial charge >= 0.3 is 12.4 Å². The van der Waals surface area contributed by atoms with E-state index in [-0.39, 0.29) is 37.1 Å². The summed E-state index contributed by atoms with van der Waals surface area (Å²) < 4.78 is 121. The fraction of sp³-hybridized carbons (Fsp3) is 0.318. The van der Waals surface area contributed by atoms with Crippen molar-refractivity contribution < 1.29 is 54.5 Å². The maximum Gasteiger partial charge on any atom is 0.417 e. The molecule has 3 aromatic rings. The van der Waals surface area contributed by atoms with Crippen LogP contribution in [-0.2, 0) is 0 Å². The summed E-state index contributed by atoms with van der Waals surface area (Å²) in [5, 5.41) is 19.9. The first-order valence-corrected chi connectivity index (χ1v) is 10.8. The summed E-state index contributed by atoms with van der Waals surface area (Å²) in [5.74, 6) is -6.99. The Labute approximate surface area is 210 Å². The molecule has 1 unspecified atom stereocenters. The highest BCUT2D eigenvalue weighted by Crippen LogP contribution is 2.33. The van der Waals surface area contributed by atoms with Gasteiger partial charge in [-0.3, -0.25) is 14.2 Å². The van der Waals surface area contributed by atoms with Crippen LogP contribution in [0.15, 0.2) is 35.3 Å². The third-order valence-corrected chi connectivity index (χ3v) is 5.78. The van der Waals surface area contributed by atoms with Gasteiger partial charge in [0.05, 0.1) is 11.5 Å². The van der Waals surface area contributed by atoms with E-state index >= 15 is 0 Å². The van der Waals surface area contributed by atoms with E-state index in [4.69, 9.17) is 0 Å². The van der Waals surface area contributed by atoms with Gasteiger partial charge in [-0.05, 0) is 12.1 Å². The van der Waals surface area contributed by atoms with Crippen LogP contribution < -0.4 is 15.6 Å². The Morgan fingerprint density at radius 2 is 1.62 bits per heavy atom. The Kier molecular flexibility index (Phi) is 7.01. The summed E-state index contributed by atoms with van der Waals surface area (Å²) in [5.41, 5.74) is -4.67. The molecule has 0 radical (unpaired) electrons. The standard InChI is InChI=1S/C22H15F9N4O4/c23-8-3-12(24)16(13(25)4-8)35-7-11(19(39)33-20(21(26,27)28)22(29,30)31)17(38)10-1-2-14(32-18(10)35)34-6-9(36)5-15(34)37/h1-4,7,9,15,20,36-37H,5-6H2,(H,33,39)/t9-,15?/m0/s1. The molecule has 39 heavy (non-hydrogen) atoms. The molecule has 1 amide bonds. The van der Waals surface area contributed by atoms with Crippen molar-refractivity contribution in [1.82, 2.24) is 14.9 Å². The average Bonchev–Trinajstić information content (AvgIpc) is 3.14. The zero-order chi connectivity index (χ0) is 29.0. The Morgan fingerprint density at radius 3 is 2.13 bits per heavy atom. The number of nitrogens with zero attached hydrogens (tertiary/aromatic N) is 3. The zero-order valence-corrected chi connectivity index (χ0v) is 19.0. The second-order valence-electron chi connectivity index (χ2n) is 8.51. The number of hydrogen-bond donors (Lipinski definition) is 3. The molecule has 1 aromatic carbocycles. The van der Waals surface area contributed by atoms with Crippen molar-refractivity contribution >= 4 is 22.8 Å². The first-order chi connectivity index (χ1) is 18.0. The molecule has 8 nitrogen and oxygen atoms in total. The molecule has 3 heterocycles. The van der Waals surface area contributed by atoms with Gasteiger partial charge < -0.3 is 20.4 Å². The molecule has 2 atom stereocenters. The van der Waals surface area contributed by atoms with Crippen LogP contribution in [-0.4, -0.2) is 62.9 Å². The van der Waals surface area contributed by atoms with Gasteiger partial charge in [-0.25, -0.2) is 18.2 Å². The van der Waals surface area contributed by atoms with E-state index in [1.54, 1.807) is 0 Å². The lowest BCUT2D eigenvalue weighted by atomic mass is 10.1. The highest BCUT2D eigenvalue weighted by molar-refractivity contribution is 5.97. The lowest BCUT2D eigenvalue weighted by Crippen LogP contribution is -2.55. The van der Waals surface area contributed by atoms with E-state index < -0.39 is 81.8 Å². The number of carbonyl (C=O) groups is 1. The number of amides is 1. The van der Waals surface area contributed by atoms with Crippen molar-refractivity contribution in [1.29, 1.82) is 0 Å². The number of anilines is 1. The molecule has 0 aliphatic carbocycles. The summed E-state index contributed by atoms with van der Waals surface area (Å²) in [6, 6.07) is -2.05. The van der Waals surface area contributed by atoms with Crippen molar-refractivity contribution in [2.75, 3.05) is 11.4 Å². The number of aliphatic hydroxyl groups excluding tert-OH is 2. The quantitative estimate of drug-likeness (QED) is 0.417. The summed E-state index contributed by atoms with van der Waals surface area (Å²) in [6.45, 7) is -0.167. The minimum atomic E-state index is -6.02. The van der Waals surface area contributed by atoms with E-state index in [1.165, 1.54) is 0 Å². The van der Waals surface area contributed by atoms with E-state index in [0.717, 1.165) is 17.0 Å². The maximum atomic E-state index is 14.7. The Morgan fingerprint density at radius 1 is 1.03 bits per heavy atom. The van der Waals surface area contributed by atoms with Gasteiger partial charge in [-0.1, -0.05) is 0 Å². The second-order valence-corrected chi connectivity index (χ2v) is 8.51. The Hall–Kier alpha value is -3.86. The monoisotopic (exact) mass is 570 g/mol. The number of benzene rings is 1. The molecular formula is C22H15F9N4O4. The number of aromatic nitrogens is 2. The first kappa shape index (κ1) is 28.2. The number of nitrogens with one attached hydrogen (secondary N) is 1. The summed E-state index contributed by atoms with van der Waals surface area (Å²) in [7, 11) is 0. The molecule has 4 rings (SSSR count). The number of alkyl halides is 6. The lowest BCUT2D eigenvalue weighted by Gasteiger charge is -2.24. The maximum absolute atomic E-state index is 14.7. The number of carbonyl (C=O) groups excluding carboxylic acids is 1. The predicted molar refractivity (Wildman–Crippen MR) is 115 cm³/mol. The smallest absolute Gasteiger partial charge is 0.391 e. The molecule has 2 aromatic heterocycles. The summed E-state index contributed by atoms with van der Waals surface area (Å²) in [6.07, 6.45) is -14.2. The van der Waals surface area contributed by atoms with Crippen LogP contribution in [0.4, 0.5) is 45.3 Å². The molecule has 0 bridgehead atoms.